The van der Waals surface area contributed by atoms with Crippen LogP contribution in [0.5, 0.6) is 5.75 Å². The highest BCUT2D eigenvalue weighted by Gasteiger charge is 2.22. The molecule has 1 atom stereocenters. The largest absolute Gasteiger partial charge is 0.496 e. The predicted octanol–water partition coefficient (Wildman–Crippen LogP) is 4.07. The van der Waals surface area contributed by atoms with Crippen LogP contribution in [0.15, 0.2) is 53.4 Å². The van der Waals surface area contributed by atoms with Crippen LogP contribution in [0, 0.1) is 12.8 Å². The van der Waals surface area contributed by atoms with Gasteiger partial charge in [0.1, 0.15) is 5.75 Å². The van der Waals surface area contributed by atoms with E-state index in [1.54, 1.807) is 25.3 Å². The molecule has 5 heteroatoms. The minimum atomic E-state index is -3.61. The zero-order valence-corrected chi connectivity index (χ0v) is 15.4. The van der Waals surface area contributed by atoms with Gasteiger partial charge in [0.25, 0.3) is 0 Å². The number of sulfonamides is 1. The van der Waals surface area contributed by atoms with Crippen LogP contribution >= 0.6 is 0 Å². The van der Waals surface area contributed by atoms with E-state index < -0.39 is 10.0 Å². The van der Waals surface area contributed by atoms with E-state index in [-0.39, 0.29) is 10.9 Å². The van der Waals surface area contributed by atoms with Crippen molar-refractivity contribution in [2.45, 2.75) is 38.1 Å². The van der Waals surface area contributed by atoms with E-state index in [0.717, 1.165) is 17.5 Å². The Kier molecular flexibility index (Phi) is 6.02. The molecule has 0 fully saturated rings. The fourth-order valence-electron chi connectivity index (χ4n) is 2.68. The maximum absolute atomic E-state index is 12.8. The molecular weight excluding hydrogens is 322 g/mol. The minimum Gasteiger partial charge on any atom is -0.496 e. The van der Waals surface area contributed by atoms with Gasteiger partial charge >= 0.3 is 0 Å². The van der Waals surface area contributed by atoms with Crippen molar-refractivity contribution in [1.29, 1.82) is 0 Å². The number of methoxy groups -OCH3 is 1. The van der Waals surface area contributed by atoms with Crippen molar-refractivity contribution in [3.8, 4) is 5.75 Å². The summed E-state index contributed by atoms with van der Waals surface area (Å²) >= 11 is 0. The van der Waals surface area contributed by atoms with Gasteiger partial charge < -0.3 is 4.74 Å². The van der Waals surface area contributed by atoms with Gasteiger partial charge in [-0.3, -0.25) is 0 Å². The maximum Gasteiger partial charge on any atom is 0.241 e. The Morgan fingerprint density at radius 3 is 2.29 bits per heavy atom. The van der Waals surface area contributed by atoms with Gasteiger partial charge in [0.05, 0.1) is 12.0 Å². The molecule has 0 aliphatic carbocycles. The molecule has 2 aromatic carbocycles. The highest BCUT2D eigenvalue weighted by atomic mass is 32.2. The number of ether oxygens (including phenoxy) is 1. The van der Waals surface area contributed by atoms with E-state index in [0.29, 0.717) is 11.7 Å². The quantitative estimate of drug-likeness (QED) is 0.821. The van der Waals surface area contributed by atoms with Gasteiger partial charge in [-0.25, -0.2) is 13.1 Å². The molecule has 0 unspecified atom stereocenters. The van der Waals surface area contributed by atoms with Crippen molar-refractivity contribution in [3.05, 3.63) is 59.7 Å². The van der Waals surface area contributed by atoms with Crippen LogP contribution in [0.25, 0.3) is 0 Å². The molecule has 0 aliphatic rings. The molecule has 0 spiro atoms. The fourth-order valence-corrected chi connectivity index (χ4v) is 4.00. The average Bonchev–Trinajstić information content (AvgIpc) is 2.54. The van der Waals surface area contributed by atoms with Crippen molar-refractivity contribution >= 4 is 10.0 Å². The lowest BCUT2D eigenvalue weighted by Crippen LogP contribution is -2.29. The summed E-state index contributed by atoms with van der Waals surface area (Å²) in [6.07, 6.45) is 0.735. The normalized spacial score (nSPS) is 13.0. The summed E-state index contributed by atoms with van der Waals surface area (Å²) in [4.78, 5) is 0.255. The molecule has 1 N–H and O–H groups in total. The van der Waals surface area contributed by atoms with Gasteiger partial charge in [0.15, 0.2) is 0 Å². The molecule has 0 saturated carbocycles. The Bertz CT molecular complexity index is 770. The van der Waals surface area contributed by atoms with E-state index in [4.69, 9.17) is 4.74 Å². The third kappa shape index (κ3) is 4.58. The third-order valence-corrected chi connectivity index (χ3v) is 5.35. The molecule has 0 radical (unpaired) electrons. The molecule has 0 amide bonds. The number of rotatable bonds is 7. The highest BCUT2D eigenvalue weighted by Crippen LogP contribution is 2.26. The summed E-state index contributed by atoms with van der Waals surface area (Å²) in [6, 6.07) is 14.3. The summed E-state index contributed by atoms with van der Waals surface area (Å²) in [6.45, 7) is 6.00. The van der Waals surface area contributed by atoms with Gasteiger partial charge in [0, 0.05) is 6.04 Å². The average molecular weight is 347 g/mol. The topological polar surface area (TPSA) is 55.4 Å². The van der Waals surface area contributed by atoms with Crippen LogP contribution in [0.3, 0.4) is 0 Å². The predicted molar refractivity (Wildman–Crippen MR) is 96.7 cm³/mol. The molecular formula is C19H25NO3S. The highest BCUT2D eigenvalue weighted by molar-refractivity contribution is 7.89. The van der Waals surface area contributed by atoms with Crippen molar-refractivity contribution in [2.75, 3.05) is 7.11 Å². The zero-order chi connectivity index (χ0) is 17.7. The Morgan fingerprint density at radius 1 is 1.08 bits per heavy atom. The molecule has 0 saturated heterocycles. The van der Waals surface area contributed by atoms with E-state index in [1.807, 2.05) is 37.3 Å². The molecule has 0 heterocycles. The van der Waals surface area contributed by atoms with E-state index >= 15 is 0 Å². The maximum atomic E-state index is 12.8. The molecule has 0 aliphatic heterocycles. The molecule has 2 aromatic rings. The van der Waals surface area contributed by atoms with Gasteiger partial charge in [-0.1, -0.05) is 44.2 Å². The summed E-state index contributed by atoms with van der Waals surface area (Å²) in [5, 5.41) is 0. The second-order valence-electron chi connectivity index (χ2n) is 6.35. The van der Waals surface area contributed by atoms with Crippen molar-refractivity contribution in [2.24, 2.45) is 5.92 Å². The first-order chi connectivity index (χ1) is 11.3. The van der Waals surface area contributed by atoms with E-state index in [9.17, 15) is 8.42 Å². The number of benzene rings is 2. The lowest BCUT2D eigenvalue weighted by molar-refractivity contribution is 0.411. The van der Waals surface area contributed by atoms with Crippen LogP contribution in [0.1, 0.15) is 37.4 Å². The third-order valence-electron chi connectivity index (χ3n) is 3.88. The number of nitrogens with one attached hydrogen (secondary N) is 1. The summed E-state index contributed by atoms with van der Waals surface area (Å²) in [7, 11) is -2.03. The Balaban J connectivity index is 2.31. The van der Waals surface area contributed by atoms with Crippen LogP contribution < -0.4 is 9.46 Å². The smallest absolute Gasteiger partial charge is 0.241 e. The molecule has 2 rings (SSSR count). The molecule has 24 heavy (non-hydrogen) atoms. The first-order valence-electron chi connectivity index (χ1n) is 8.05. The van der Waals surface area contributed by atoms with Crippen LogP contribution in [-0.4, -0.2) is 15.5 Å². The molecule has 0 aromatic heterocycles. The Hall–Kier alpha value is -1.85. The van der Waals surface area contributed by atoms with E-state index in [1.165, 1.54) is 0 Å². The van der Waals surface area contributed by atoms with E-state index in [2.05, 4.69) is 18.6 Å². The van der Waals surface area contributed by atoms with Gasteiger partial charge in [0.2, 0.25) is 10.0 Å². The lowest BCUT2D eigenvalue weighted by atomic mass is 9.98. The van der Waals surface area contributed by atoms with Gasteiger partial charge in [-0.2, -0.15) is 0 Å². The molecule has 4 nitrogen and oxygen atoms in total. The van der Waals surface area contributed by atoms with Crippen LogP contribution in [0.4, 0.5) is 0 Å². The summed E-state index contributed by atoms with van der Waals surface area (Å²) in [5.41, 5.74) is 1.76. The molecule has 130 valence electrons. The first kappa shape index (κ1) is 18.5. The Labute approximate surface area is 144 Å². The van der Waals surface area contributed by atoms with Crippen molar-refractivity contribution < 1.29 is 13.2 Å². The second kappa shape index (κ2) is 7.81. The zero-order valence-electron chi connectivity index (χ0n) is 14.6. The summed E-state index contributed by atoms with van der Waals surface area (Å²) < 4.78 is 33.6. The first-order valence-corrected chi connectivity index (χ1v) is 9.53. The SMILES string of the molecule is COc1ccc(S(=O)(=O)N[C@H](CC(C)C)c2ccccc2)cc1C. The monoisotopic (exact) mass is 347 g/mol. The standard InChI is InChI=1S/C19H25NO3S/c1-14(2)12-18(16-8-6-5-7-9-16)20-24(21,22)17-10-11-19(23-4)15(3)13-17/h5-11,13-14,18,20H,12H2,1-4H3/t18-/m1/s1. The summed E-state index contributed by atoms with van der Waals surface area (Å²) in [5.74, 6) is 1.05. The number of aryl methyl sites for hydroxylation is 1. The number of hydrogen-bond donors (Lipinski definition) is 1. The second-order valence-corrected chi connectivity index (χ2v) is 8.06. The van der Waals surface area contributed by atoms with Crippen molar-refractivity contribution in [3.63, 3.8) is 0 Å². The van der Waals surface area contributed by atoms with Gasteiger partial charge in [-0.05, 0) is 48.6 Å². The van der Waals surface area contributed by atoms with Crippen molar-refractivity contribution in [1.82, 2.24) is 4.72 Å². The minimum absolute atomic E-state index is 0.251. The lowest BCUT2D eigenvalue weighted by Gasteiger charge is -2.21. The number of hydrogen-bond acceptors (Lipinski definition) is 3. The van der Waals surface area contributed by atoms with Crippen LogP contribution in [-0.2, 0) is 10.0 Å². The molecule has 0 bridgehead atoms. The Morgan fingerprint density at radius 2 is 1.75 bits per heavy atom. The van der Waals surface area contributed by atoms with Crippen LogP contribution in [0.2, 0.25) is 0 Å². The fraction of sp³-hybridized carbons (Fsp3) is 0.368. The van der Waals surface area contributed by atoms with Gasteiger partial charge in [-0.15, -0.1) is 0 Å².